The Balaban J connectivity index is 2.88. The van der Waals surface area contributed by atoms with Crippen molar-refractivity contribution in [3.63, 3.8) is 0 Å². The zero-order valence-corrected chi connectivity index (χ0v) is 5.64. The third-order valence-electron chi connectivity index (χ3n) is 1.18. The van der Waals surface area contributed by atoms with Gasteiger partial charge in [0, 0.05) is 7.05 Å². The minimum absolute atomic E-state index is 0.283. The van der Waals surface area contributed by atoms with Crippen LogP contribution < -0.4 is 0 Å². The summed E-state index contributed by atoms with van der Waals surface area (Å²) in [5.41, 5.74) is -1.31. The Morgan fingerprint density at radius 3 is 2.27 bits per heavy atom. The molecule has 0 amide bonds. The highest BCUT2D eigenvalue weighted by molar-refractivity contribution is 6.43. The molecular weight excluding hydrogens is 161 g/mol. The zero-order valence-electron chi connectivity index (χ0n) is 5.64. The Bertz CT molecular complexity index is 220. The van der Waals surface area contributed by atoms with E-state index in [1.54, 1.807) is 0 Å². The van der Waals surface area contributed by atoms with E-state index in [0.717, 1.165) is 5.01 Å². The molecule has 62 valence electrons. The average molecular weight is 166 g/mol. The lowest BCUT2D eigenvalue weighted by molar-refractivity contribution is -0.116. The highest BCUT2D eigenvalue weighted by Crippen LogP contribution is 2.21. The second-order valence-electron chi connectivity index (χ2n) is 2.19. The second kappa shape index (κ2) is 2.21. The first-order valence-electron chi connectivity index (χ1n) is 2.81. The van der Waals surface area contributed by atoms with E-state index in [4.69, 9.17) is 0 Å². The molecule has 0 saturated carbocycles. The lowest BCUT2D eigenvalue weighted by Crippen LogP contribution is -2.29. The average Bonchev–Trinajstić information content (AvgIpc) is 2.08. The van der Waals surface area contributed by atoms with E-state index in [9.17, 15) is 18.0 Å². The number of carbonyl (C=O) groups is 1. The van der Waals surface area contributed by atoms with Gasteiger partial charge in [0.25, 0.3) is 0 Å². The summed E-state index contributed by atoms with van der Waals surface area (Å²) in [6, 6.07) is 0. The Labute approximate surface area is 60.5 Å². The summed E-state index contributed by atoms with van der Waals surface area (Å²) in [6.45, 7) is -0.283. The molecule has 0 fully saturated rings. The number of likely N-dealkylation sites (N-methyl/N-ethyl adjacent to an activating group) is 1. The van der Waals surface area contributed by atoms with Crippen molar-refractivity contribution < 1.29 is 18.0 Å². The van der Waals surface area contributed by atoms with E-state index in [-0.39, 0.29) is 6.54 Å². The summed E-state index contributed by atoms with van der Waals surface area (Å²) in [5.74, 6) is -0.972. The van der Waals surface area contributed by atoms with Gasteiger partial charge in [0.1, 0.15) is 6.54 Å². The summed E-state index contributed by atoms with van der Waals surface area (Å²) in [5, 5.41) is 3.98. The first-order valence-corrected chi connectivity index (χ1v) is 2.81. The van der Waals surface area contributed by atoms with Gasteiger partial charge in [-0.15, -0.1) is 0 Å². The number of rotatable bonds is 0. The quantitative estimate of drug-likeness (QED) is 0.522. The number of nitrogens with zero attached hydrogens (tertiary/aromatic N) is 2. The molecule has 1 aliphatic heterocycles. The molecule has 0 aromatic carbocycles. The van der Waals surface area contributed by atoms with Crippen LogP contribution in [0.25, 0.3) is 0 Å². The van der Waals surface area contributed by atoms with E-state index in [1.165, 1.54) is 7.05 Å². The van der Waals surface area contributed by atoms with Gasteiger partial charge < -0.3 is 0 Å². The van der Waals surface area contributed by atoms with Crippen LogP contribution in [0.3, 0.4) is 0 Å². The van der Waals surface area contributed by atoms with Crippen molar-refractivity contribution in [1.82, 2.24) is 5.01 Å². The number of hydrogen-bond donors (Lipinski definition) is 0. The van der Waals surface area contributed by atoms with Gasteiger partial charge >= 0.3 is 6.18 Å². The van der Waals surface area contributed by atoms with E-state index >= 15 is 0 Å². The van der Waals surface area contributed by atoms with Crippen LogP contribution in [-0.2, 0) is 4.79 Å². The van der Waals surface area contributed by atoms with Gasteiger partial charge in [-0.2, -0.15) is 18.3 Å². The van der Waals surface area contributed by atoms with Crippen molar-refractivity contribution >= 4 is 11.5 Å². The van der Waals surface area contributed by atoms with Gasteiger partial charge in [0.15, 0.2) is 0 Å². The van der Waals surface area contributed by atoms with Crippen LogP contribution in [-0.4, -0.2) is 36.3 Å². The first-order chi connectivity index (χ1) is 4.91. The third-order valence-corrected chi connectivity index (χ3v) is 1.18. The van der Waals surface area contributed by atoms with Crippen LogP contribution in [0.5, 0.6) is 0 Å². The number of halogens is 3. The van der Waals surface area contributed by atoms with E-state index in [1.807, 2.05) is 0 Å². The molecule has 6 heteroatoms. The molecule has 0 aromatic rings. The molecule has 1 aliphatic rings. The van der Waals surface area contributed by atoms with Crippen LogP contribution in [0.4, 0.5) is 13.2 Å². The molecule has 0 aliphatic carbocycles. The van der Waals surface area contributed by atoms with Crippen molar-refractivity contribution in [2.45, 2.75) is 6.18 Å². The molecule has 0 bridgehead atoms. The smallest absolute Gasteiger partial charge is 0.292 e. The summed E-state index contributed by atoms with van der Waals surface area (Å²) < 4.78 is 35.4. The topological polar surface area (TPSA) is 32.7 Å². The number of Topliss-reactive ketones (excluding diaryl/α,β-unsaturated/α-hetero) is 1. The molecule has 3 nitrogen and oxygen atoms in total. The minimum atomic E-state index is -4.61. The predicted octanol–water partition coefficient (Wildman–Crippen LogP) is 0.419. The first kappa shape index (κ1) is 8.03. The van der Waals surface area contributed by atoms with Crippen molar-refractivity contribution in [2.24, 2.45) is 5.10 Å². The molecule has 11 heavy (non-hydrogen) atoms. The second-order valence-corrected chi connectivity index (χ2v) is 2.19. The molecule has 0 aromatic heterocycles. The molecule has 0 unspecified atom stereocenters. The van der Waals surface area contributed by atoms with Gasteiger partial charge in [0.2, 0.25) is 11.5 Å². The lowest BCUT2D eigenvalue weighted by Gasteiger charge is -2.01. The maximum Gasteiger partial charge on any atom is 0.438 e. The number of carbonyl (C=O) groups excluding carboxylic acids is 1. The van der Waals surface area contributed by atoms with Crippen LogP contribution in [0.1, 0.15) is 0 Å². The fourth-order valence-corrected chi connectivity index (χ4v) is 0.759. The molecule has 0 atom stereocenters. The Kier molecular flexibility index (Phi) is 1.62. The van der Waals surface area contributed by atoms with Gasteiger partial charge in [-0.3, -0.25) is 9.80 Å². The van der Waals surface area contributed by atoms with Crippen molar-refractivity contribution in [3.05, 3.63) is 0 Å². The largest absolute Gasteiger partial charge is 0.438 e. The van der Waals surface area contributed by atoms with E-state index in [2.05, 4.69) is 5.10 Å². The highest BCUT2D eigenvalue weighted by atomic mass is 19.4. The number of hydrogen-bond acceptors (Lipinski definition) is 3. The maximum absolute atomic E-state index is 11.8. The van der Waals surface area contributed by atoms with E-state index < -0.39 is 17.7 Å². The third kappa shape index (κ3) is 1.50. The summed E-state index contributed by atoms with van der Waals surface area (Å²) in [6.07, 6.45) is -4.61. The number of hydrazone groups is 1. The lowest BCUT2D eigenvalue weighted by atomic mass is 10.2. The normalized spacial score (nSPS) is 19.1. The molecule has 0 saturated heterocycles. The maximum atomic E-state index is 11.8. The van der Waals surface area contributed by atoms with Gasteiger partial charge in [-0.1, -0.05) is 0 Å². The Morgan fingerprint density at radius 2 is 2.09 bits per heavy atom. The molecule has 1 heterocycles. The summed E-state index contributed by atoms with van der Waals surface area (Å²) in [7, 11) is 1.32. The Hall–Kier alpha value is -1.07. The van der Waals surface area contributed by atoms with Crippen molar-refractivity contribution in [2.75, 3.05) is 13.6 Å². The van der Waals surface area contributed by atoms with Gasteiger partial charge in [-0.05, 0) is 0 Å². The monoisotopic (exact) mass is 166 g/mol. The molecule has 0 spiro atoms. The molecule has 0 radical (unpaired) electrons. The molecule has 0 N–H and O–H groups in total. The SMILES string of the molecule is CN1CC(=O)C(C(F)(F)F)=N1. The minimum Gasteiger partial charge on any atom is -0.292 e. The summed E-state index contributed by atoms with van der Waals surface area (Å²) >= 11 is 0. The van der Waals surface area contributed by atoms with Crippen LogP contribution in [0.15, 0.2) is 5.10 Å². The van der Waals surface area contributed by atoms with E-state index in [0.29, 0.717) is 0 Å². The summed E-state index contributed by atoms with van der Waals surface area (Å²) in [4.78, 5) is 10.5. The fraction of sp³-hybridized carbons (Fsp3) is 0.600. The number of alkyl halides is 3. The standard InChI is InChI=1S/C5H5F3N2O/c1-10-2-3(11)4(9-10)5(6,7)8/h2H2,1H3. The van der Waals surface area contributed by atoms with Gasteiger partial charge in [-0.25, -0.2) is 0 Å². The van der Waals surface area contributed by atoms with Crippen LogP contribution in [0.2, 0.25) is 0 Å². The number of ketones is 1. The molecular formula is C5H5F3N2O. The zero-order chi connectivity index (χ0) is 8.65. The highest BCUT2D eigenvalue weighted by Gasteiger charge is 2.44. The van der Waals surface area contributed by atoms with Crippen LogP contribution >= 0.6 is 0 Å². The van der Waals surface area contributed by atoms with Crippen molar-refractivity contribution in [3.8, 4) is 0 Å². The molecule has 1 rings (SSSR count). The van der Waals surface area contributed by atoms with Crippen LogP contribution in [0, 0.1) is 0 Å². The van der Waals surface area contributed by atoms with Crippen molar-refractivity contribution in [1.29, 1.82) is 0 Å². The van der Waals surface area contributed by atoms with Gasteiger partial charge in [0.05, 0.1) is 0 Å². The Morgan fingerprint density at radius 1 is 1.55 bits per heavy atom. The predicted molar refractivity (Wildman–Crippen MR) is 31.1 cm³/mol. The fourth-order valence-electron chi connectivity index (χ4n) is 0.759.